The number of nitrogens with one attached hydrogen (secondary N) is 1. The van der Waals surface area contributed by atoms with Crippen LogP contribution in [0.4, 0.5) is 5.69 Å². The van der Waals surface area contributed by atoms with Crippen molar-refractivity contribution in [1.29, 1.82) is 0 Å². The molecule has 0 aliphatic carbocycles. The number of benzene rings is 1. The van der Waals surface area contributed by atoms with Gasteiger partial charge in [0.25, 0.3) is 11.8 Å². The van der Waals surface area contributed by atoms with E-state index in [0.29, 0.717) is 11.3 Å². The number of ether oxygens (including phenoxy) is 1. The maximum atomic E-state index is 11.9. The summed E-state index contributed by atoms with van der Waals surface area (Å²) in [6.45, 7) is -0.312. The van der Waals surface area contributed by atoms with E-state index in [1.807, 2.05) is 0 Å². The van der Waals surface area contributed by atoms with Crippen molar-refractivity contribution in [3.63, 3.8) is 0 Å². The number of nitrogens with two attached hydrogens (primary N) is 1. The minimum atomic E-state index is -0.817. The zero-order chi connectivity index (χ0) is 14.4. The highest BCUT2D eigenvalue weighted by Crippen LogP contribution is 2.37. The third kappa shape index (κ3) is 1.87. The number of amides is 2. The lowest BCUT2D eigenvalue weighted by molar-refractivity contribution is -0.0226. The van der Waals surface area contributed by atoms with Gasteiger partial charge in [-0.05, 0) is 17.7 Å². The van der Waals surface area contributed by atoms with Crippen LogP contribution in [0.25, 0.3) is 0 Å². The maximum absolute atomic E-state index is 11.9. The Bertz CT molecular complexity index is 601. The van der Waals surface area contributed by atoms with E-state index in [1.165, 1.54) is 6.07 Å². The number of fused-ring (bicyclic) bond motifs is 1. The summed E-state index contributed by atoms with van der Waals surface area (Å²) in [6, 6.07) is 3.00. The average molecular weight is 278 g/mol. The van der Waals surface area contributed by atoms with Crippen LogP contribution in [-0.4, -0.2) is 40.8 Å². The molecule has 2 aliphatic rings. The van der Waals surface area contributed by atoms with Gasteiger partial charge in [0, 0.05) is 12.1 Å². The van der Waals surface area contributed by atoms with Crippen molar-refractivity contribution < 1.29 is 24.5 Å². The van der Waals surface area contributed by atoms with Crippen LogP contribution >= 0.6 is 0 Å². The van der Waals surface area contributed by atoms with Crippen LogP contribution in [0.2, 0.25) is 0 Å². The molecule has 3 rings (SSSR count). The average Bonchev–Trinajstić information content (AvgIpc) is 2.90. The Morgan fingerprint density at radius 2 is 2.10 bits per heavy atom. The molecule has 1 fully saturated rings. The molecule has 3 atom stereocenters. The van der Waals surface area contributed by atoms with Gasteiger partial charge in [0.1, 0.15) is 6.10 Å². The number of hydrogen-bond acceptors (Lipinski definition) is 6. The quantitative estimate of drug-likeness (QED) is 0.420. The monoisotopic (exact) mass is 278 g/mol. The summed E-state index contributed by atoms with van der Waals surface area (Å²) in [4.78, 5) is 23.5. The number of aliphatic hydroxyl groups is 2. The van der Waals surface area contributed by atoms with Gasteiger partial charge in [-0.1, -0.05) is 0 Å². The highest BCUT2D eigenvalue weighted by molar-refractivity contribution is 6.22. The fourth-order valence-corrected chi connectivity index (χ4v) is 2.70. The second kappa shape index (κ2) is 4.55. The van der Waals surface area contributed by atoms with Crippen LogP contribution in [0.3, 0.4) is 0 Å². The molecule has 0 spiro atoms. The van der Waals surface area contributed by atoms with Gasteiger partial charge in [-0.2, -0.15) is 0 Å². The summed E-state index contributed by atoms with van der Waals surface area (Å²) < 4.78 is 5.53. The number of carbonyl (C=O) groups is 2. The van der Waals surface area contributed by atoms with E-state index in [1.54, 1.807) is 6.07 Å². The highest BCUT2D eigenvalue weighted by Gasteiger charge is 2.39. The van der Waals surface area contributed by atoms with Crippen LogP contribution < -0.4 is 11.1 Å². The third-order valence-electron chi connectivity index (χ3n) is 3.64. The molecule has 0 radical (unpaired) electrons. The zero-order valence-electron chi connectivity index (χ0n) is 10.5. The lowest BCUT2D eigenvalue weighted by Crippen LogP contribution is -2.24. The van der Waals surface area contributed by atoms with E-state index in [2.05, 4.69) is 5.32 Å². The summed E-state index contributed by atoms with van der Waals surface area (Å²) in [5.41, 5.74) is 7.02. The molecule has 5 N–H and O–H groups in total. The largest absolute Gasteiger partial charge is 0.399 e. The van der Waals surface area contributed by atoms with E-state index in [-0.39, 0.29) is 24.2 Å². The lowest BCUT2D eigenvalue weighted by atomic mass is 9.95. The van der Waals surface area contributed by atoms with Crippen molar-refractivity contribution in [3.05, 3.63) is 28.8 Å². The molecule has 106 valence electrons. The van der Waals surface area contributed by atoms with E-state index < -0.39 is 30.1 Å². The Morgan fingerprint density at radius 1 is 1.35 bits per heavy atom. The van der Waals surface area contributed by atoms with E-state index in [0.717, 1.165) is 0 Å². The van der Waals surface area contributed by atoms with Crippen LogP contribution in [0.15, 0.2) is 12.1 Å². The number of nitrogen functional groups attached to an aromatic ring is 1. The topological polar surface area (TPSA) is 122 Å². The Labute approximate surface area is 114 Å². The molecule has 0 aromatic heterocycles. The number of aliphatic hydroxyl groups excluding tert-OH is 2. The van der Waals surface area contributed by atoms with Crippen molar-refractivity contribution in [3.8, 4) is 0 Å². The molecule has 20 heavy (non-hydrogen) atoms. The molecule has 2 amide bonds. The minimum absolute atomic E-state index is 0.218. The SMILES string of the molecule is Nc1cc2c(c([C@H]3C[C@H](O)[C@@H](CO)O3)c1)C(=O)NC2=O. The van der Waals surface area contributed by atoms with E-state index in [9.17, 15) is 14.7 Å². The van der Waals surface area contributed by atoms with Crippen LogP contribution in [0, 0.1) is 0 Å². The molecule has 1 aromatic rings. The van der Waals surface area contributed by atoms with Gasteiger partial charge in [-0.3, -0.25) is 14.9 Å². The van der Waals surface area contributed by atoms with Gasteiger partial charge in [-0.25, -0.2) is 0 Å². The molecule has 0 bridgehead atoms. The minimum Gasteiger partial charge on any atom is -0.399 e. The number of hydrogen-bond donors (Lipinski definition) is 4. The van der Waals surface area contributed by atoms with E-state index >= 15 is 0 Å². The molecule has 2 aliphatic heterocycles. The first-order chi connectivity index (χ1) is 9.51. The van der Waals surface area contributed by atoms with Crippen molar-refractivity contribution in [2.45, 2.75) is 24.7 Å². The van der Waals surface area contributed by atoms with Crippen molar-refractivity contribution in [1.82, 2.24) is 5.32 Å². The van der Waals surface area contributed by atoms with Crippen LogP contribution in [0.1, 0.15) is 38.8 Å². The summed E-state index contributed by atoms with van der Waals surface area (Å²) in [7, 11) is 0. The fraction of sp³-hybridized carbons (Fsp3) is 0.385. The Balaban J connectivity index is 2.05. The highest BCUT2D eigenvalue weighted by atomic mass is 16.5. The Kier molecular flexibility index (Phi) is 2.97. The first-order valence-corrected chi connectivity index (χ1v) is 6.24. The number of rotatable bonds is 2. The molecular formula is C13H14N2O5. The van der Waals surface area contributed by atoms with Gasteiger partial charge in [0.15, 0.2) is 0 Å². The van der Waals surface area contributed by atoms with E-state index in [4.69, 9.17) is 15.6 Å². The first-order valence-electron chi connectivity index (χ1n) is 6.24. The molecule has 1 aromatic carbocycles. The molecular weight excluding hydrogens is 264 g/mol. The second-order valence-electron chi connectivity index (χ2n) is 4.96. The standard InChI is InChI=1S/C13H14N2O5/c14-5-1-6(9-3-8(17)10(4-16)20-9)11-7(2-5)12(18)15-13(11)19/h1-2,8-10,16-17H,3-4,14H2,(H,15,18,19)/t8-,9+,10+/m0/s1. The summed E-state index contributed by atoms with van der Waals surface area (Å²) >= 11 is 0. The first kappa shape index (κ1) is 13.0. The molecule has 1 saturated heterocycles. The van der Waals surface area contributed by atoms with Gasteiger partial charge < -0.3 is 20.7 Å². The predicted molar refractivity (Wildman–Crippen MR) is 68.0 cm³/mol. The predicted octanol–water partition coefficient (Wildman–Crippen LogP) is -0.664. The lowest BCUT2D eigenvalue weighted by Gasteiger charge is -2.15. The van der Waals surface area contributed by atoms with Crippen molar-refractivity contribution >= 4 is 17.5 Å². The summed E-state index contributed by atoms with van der Waals surface area (Å²) in [6.07, 6.45) is -1.85. The van der Waals surface area contributed by atoms with Crippen LogP contribution in [-0.2, 0) is 4.74 Å². The third-order valence-corrected chi connectivity index (χ3v) is 3.64. The fourth-order valence-electron chi connectivity index (χ4n) is 2.70. The van der Waals surface area contributed by atoms with Crippen molar-refractivity contribution in [2.24, 2.45) is 0 Å². The number of carbonyl (C=O) groups excluding carboxylic acids is 2. The Morgan fingerprint density at radius 3 is 2.75 bits per heavy atom. The number of anilines is 1. The molecule has 7 nitrogen and oxygen atoms in total. The molecule has 7 heteroatoms. The Hall–Kier alpha value is -1.96. The van der Waals surface area contributed by atoms with Gasteiger partial charge in [0.05, 0.1) is 29.9 Å². The zero-order valence-corrected chi connectivity index (χ0v) is 10.5. The summed E-state index contributed by atoms with van der Waals surface area (Å²) in [5.74, 6) is -0.985. The van der Waals surface area contributed by atoms with Gasteiger partial charge in [-0.15, -0.1) is 0 Å². The normalized spacial score (nSPS) is 28.6. The number of imide groups is 1. The van der Waals surface area contributed by atoms with Gasteiger partial charge >= 0.3 is 0 Å². The molecule has 0 unspecified atom stereocenters. The molecule has 0 saturated carbocycles. The van der Waals surface area contributed by atoms with Crippen LogP contribution in [0.5, 0.6) is 0 Å². The summed E-state index contributed by atoms with van der Waals surface area (Å²) in [5, 5.41) is 21.1. The molecule has 2 heterocycles. The second-order valence-corrected chi connectivity index (χ2v) is 4.96. The van der Waals surface area contributed by atoms with Gasteiger partial charge in [0.2, 0.25) is 0 Å². The smallest absolute Gasteiger partial charge is 0.259 e. The maximum Gasteiger partial charge on any atom is 0.259 e. The van der Waals surface area contributed by atoms with Crippen molar-refractivity contribution in [2.75, 3.05) is 12.3 Å².